The Labute approximate surface area is 129 Å². The molecule has 0 aliphatic carbocycles. The number of Topliss-reactive ketones (excluding diaryl/α,β-unsaturated/α-hetero) is 1. The van der Waals surface area contributed by atoms with E-state index in [4.69, 9.17) is 16.3 Å². The van der Waals surface area contributed by atoms with Crippen molar-refractivity contribution >= 4 is 29.0 Å². The number of halogens is 1. The monoisotopic (exact) mass is 307 g/mol. The number of aryl methyl sites for hydroxylation is 1. The third-order valence-electron chi connectivity index (χ3n) is 4.11. The molecular weight excluding hydrogens is 290 g/mol. The molecule has 1 fully saturated rings. The first-order chi connectivity index (χ1) is 10.2. The van der Waals surface area contributed by atoms with E-state index in [0.29, 0.717) is 18.7 Å². The number of hydrogen-bond donors (Lipinski definition) is 0. The van der Waals surface area contributed by atoms with E-state index in [0.717, 1.165) is 36.9 Å². The maximum atomic E-state index is 12.6. The molecule has 2 aliphatic heterocycles. The predicted octanol–water partition coefficient (Wildman–Crippen LogP) is 2.57. The van der Waals surface area contributed by atoms with Gasteiger partial charge in [-0.2, -0.15) is 0 Å². The lowest BCUT2D eigenvalue weighted by atomic mass is 9.97. The molecule has 4 nitrogen and oxygen atoms in total. The zero-order chi connectivity index (χ0) is 14.8. The fourth-order valence-electron chi connectivity index (χ4n) is 3.02. The van der Waals surface area contributed by atoms with Gasteiger partial charge in [0.2, 0.25) is 0 Å². The highest BCUT2D eigenvalue weighted by Gasteiger charge is 2.31. The molecule has 0 radical (unpaired) electrons. The summed E-state index contributed by atoms with van der Waals surface area (Å²) in [5.41, 5.74) is 2.58. The van der Waals surface area contributed by atoms with Crippen molar-refractivity contribution in [3.05, 3.63) is 29.3 Å². The quantitative estimate of drug-likeness (QED) is 0.637. The maximum absolute atomic E-state index is 12.6. The van der Waals surface area contributed by atoms with Crippen molar-refractivity contribution in [2.45, 2.75) is 31.8 Å². The summed E-state index contributed by atoms with van der Waals surface area (Å²) in [4.78, 5) is 26.1. The largest absolute Gasteiger partial charge is 0.368 e. The van der Waals surface area contributed by atoms with Gasteiger partial charge in [0.25, 0.3) is 5.91 Å². The van der Waals surface area contributed by atoms with E-state index in [1.54, 1.807) is 6.07 Å². The maximum Gasteiger partial charge on any atom is 0.256 e. The molecule has 5 heteroatoms. The Morgan fingerprint density at radius 2 is 2.19 bits per heavy atom. The van der Waals surface area contributed by atoms with Crippen molar-refractivity contribution in [2.24, 2.45) is 0 Å². The summed E-state index contributed by atoms with van der Waals surface area (Å²) < 4.78 is 5.50. The second-order valence-corrected chi connectivity index (χ2v) is 5.76. The van der Waals surface area contributed by atoms with E-state index in [9.17, 15) is 9.59 Å². The number of hydrogen-bond acceptors (Lipinski definition) is 3. The van der Waals surface area contributed by atoms with Gasteiger partial charge in [0.05, 0.1) is 5.88 Å². The topological polar surface area (TPSA) is 46.6 Å². The molecule has 0 N–H and O–H groups in total. The number of benzene rings is 1. The number of carbonyl (C=O) groups is 2. The predicted molar refractivity (Wildman–Crippen MR) is 81.1 cm³/mol. The summed E-state index contributed by atoms with van der Waals surface area (Å²) in [5.74, 6) is -0.0518. The molecule has 112 valence electrons. The molecule has 1 unspecified atom stereocenters. The highest BCUT2D eigenvalue weighted by Crippen LogP contribution is 2.30. The number of amides is 1. The number of alkyl halides is 1. The Hall–Kier alpha value is -1.39. The summed E-state index contributed by atoms with van der Waals surface area (Å²) in [6.07, 6.45) is 3.23. The highest BCUT2D eigenvalue weighted by atomic mass is 35.5. The normalized spacial score (nSPS) is 21.2. The lowest BCUT2D eigenvalue weighted by molar-refractivity contribution is -0.127. The van der Waals surface area contributed by atoms with Crippen LogP contribution in [-0.2, 0) is 16.0 Å². The van der Waals surface area contributed by atoms with Gasteiger partial charge < -0.3 is 9.64 Å². The lowest BCUT2D eigenvalue weighted by Gasteiger charge is -2.31. The van der Waals surface area contributed by atoms with E-state index in [2.05, 4.69) is 0 Å². The van der Waals surface area contributed by atoms with Crippen LogP contribution in [0.1, 0.15) is 35.2 Å². The van der Waals surface area contributed by atoms with Crippen LogP contribution in [0.2, 0.25) is 0 Å². The molecule has 1 atom stereocenters. The summed E-state index contributed by atoms with van der Waals surface area (Å²) in [6.45, 7) is 1.38. The first-order valence-electron chi connectivity index (χ1n) is 7.36. The molecule has 0 aromatic heterocycles. The first-order valence-corrected chi connectivity index (χ1v) is 7.89. The highest BCUT2D eigenvalue weighted by molar-refractivity contribution is 6.30. The smallest absolute Gasteiger partial charge is 0.256 e. The number of nitrogens with zero attached hydrogens (tertiary/aromatic N) is 1. The molecular formula is C16H18ClNO3. The van der Waals surface area contributed by atoms with E-state index in [1.165, 1.54) is 0 Å². The van der Waals surface area contributed by atoms with Crippen LogP contribution in [0.3, 0.4) is 0 Å². The number of ether oxygens (including phenoxy) is 1. The van der Waals surface area contributed by atoms with Crippen molar-refractivity contribution in [1.29, 1.82) is 0 Å². The lowest BCUT2D eigenvalue weighted by Crippen LogP contribution is -2.42. The Bertz CT molecular complexity index is 567. The summed E-state index contributed by atoms with van der Waals surface area (Å²) in [5, 5.41) is 0. The van der Waals surface area contributed by atoms with Crippen molar-refractivity contribution in [3.63, 3.8) is 0 Å². The molecule has 0 spiro atoms. The fraction of sp³-hybridized carbons (Fsp3) is 0.500. The van der Waals surface area contributed by atoms with Crippen LogP contribution < -0.4 is 4.90 Å². The Kier molecular flexibility index (Phi) is 4.27. The number of ketones is 1. The van der Waals surface area contributed by atoms with Crippen molar-refractivity contribution in [2.75, 3.05) is 23.9 Å². The van der Waals surface area contributed by atoms with Gasteiger partial charge in [-0.15, -0.1) is 11.6 Å². The zero-order valence-electron chi connectivity index (χ0n) is 11.8. The molecule has 1 saturated heterocycles. The Morgan fingerprint density at radius 1 is 1.33 bits per heavy atom. The van der Waals surface area contributed by atoms with E-state index >= 15 is 0 Å². The number of fused-ring (bicyclic) bond motifs is 1. The number of anilines is 1. The zero-order valence-corrected chi connectivity index (χ0v) is 12.6. The van der Waals surface area contributed by atoms with E-state index in [1.807, 2.05) is 17.0 Å². The van der Waals surface area contributed by atoms with Gasteiger partial charge in [0.15, 0.2) is 5.78 Å². The van der Waals surface area contributed by atoms with E-state index in [-0.39, 0.29) is 23.7 Å². The van der Waals surface area contributed by atoms with Crippen LogP contribution in [0, 0.1) is 0 Å². The average Bonchev–Trinajstić information content (AvgIpc) is 3.06. The van der Waals surface area contributed by atoms with Crippen LogP contribution in [0.4, 0.5) is 5.69 Å². The van der Waals surface area contributed by atoms with Crippen LogP contribution in [0.15, 0.2) is 18.2 Å². The van der Waals surface area contributed by atoms with Crippen LogP contribution >= 0.6 is 11.6 Å². The molecule has 2 heterocycles. The van der Waals surface area contributed by atoms with Crippen LogP contribution in [0.25, 0.3) is 0 Å². The van der Waals surface area contributed by atoms with E-state index < -0.39 is 0 Å². The summed E-state index contributed by atoms with van der Waals surface area (Å²) >= 11 is 5.60. The SMILES string of the molecule is O=C(CCl)c1ccc2c(c1)CCCN2C(=O)C1CCCO1. The molecule has 21 heavy (non-hydrogen) atoms. The second kappa shape index (κ2) is 6.16. The van der Waals surface area contributed by atoms with Gasteiger partial charge in [0, 0.05) is 24.4 Å². The number of carbonyl (C=O) groups excluding carboxylic acids is 2. The van der Waals surface area contributed by atoms with Crippen LogP contribution in [0.5, 0.6) is 0 Å². The third-order valence-corrected chi connectivity index (χ3v) is 4.36. The Balaban J connectivity index is 1.87. The van der Waals surface area contributed by atoms with Crippen molar-refractivity contribution < 1.29 is 14.3 Å². The molecule has 2 aliphatic rings. The minimum Gasteiger partial charge on any atom is -0.368 e. The number of rotatable bonds is 3. The second-order valence-electron chi connectivity index (χ2n) is 5.50. The molecule has 1 amide bonds. The summed E-state index contributed by atoms with van der Waals surface area (Å²) in [6, 6.07) is 5.49. The molecule has 0 bridgehead atoms. The minimum atomic E-state index is -0.305. The molecule has 0 saturated carbocycles. The summed E-state index contributed by atoms with van der Waals surface area (Å²) in [7, 11) is 0. The molecule has 3 rings (SSSR count). The van der Waals surface area contributed by atoms with Crippen LogP contribution in [-0.4, -0.2) is 36.8 Å². The molecule has 1 aromatic rings. The van der Waals surface area contributed by atoms with Gasteiger partial charge in [-0.3, -0.25) is 9.59 Å². The Morgan fingerprint density at radius 3 is 2.90 bits per heavy atom. The molecule has 1 aromatic carbocycles. The fourth-order valence-corrected chi connectivity index (χ4v) is 3.18. The van der Waals surface area contributed by atoms with Gasteiger partial charge in [0.1, 0.15) is 6.10 Å². The van der Waals surface area contributed by atoms with Gasteiger partial charge in [-0.05, 0) is 49.4 Å². The van der Waals surface area contributed by atoms with Gasteiger partial charge >= 0.3 is 0 Å². The van der Waals surface area contributed by atoms with Crippen molar-refractivity contribution in [1.82, 2.24) is 0 Å². The van der Waals surface area contributed by atoms with Gasteiger partial charge in [-0.25, -0.2) is 0 Å². The minimum absolute atomic E-state index is 0.0165. The average molecular weight is 308 g/mol. The van der Waals surface area contributed by atoms with Gasteiger partial charge in [-0.1, -0.05) is 0 Å². The standard InChI is InChI=1S/C16H18ClNO3/c17-10-14(19)12-5-6-13-11(9-12)3-1-7-18(13)16(20)15-4-2-8-21-15/h5-6,9,15H,1-4,7-8,10H2. The van der Waals surface area contributed by atoms with Crippen molar-refractivity contribution in [3.8, 4) is 0 Å². The third kappa shape index (κ3) is 2.83. The first kappa shape index (κ1) is 14.5.